The third kappa shape index (κ3) is 4.69. The molecule has 0 spiro atoms. The van der Waals surface area contributed by atoms with Gasteiger partial charge in [0.2, 0.25) is 5.95 Å². The molecule has 3 aromatic rings. The van der Waals surface area contributed by atoms with Gasteiger partial charge >= 0.3 is 0 Å². The molecule has 2 aromatic carbocycles. The van der Waals surface area contributed by atoms with Crippen LogP contribution in [0.2, 0.25) is 0 Å². The zero-order valence-electron chi connectivity index (χ0n) is 21.8. The number of rotatable bonds is 6. The van der Waals surface area contributed by atoms with Crippen LogP contribution < -0.4 is 20.1 Å². The molecule has 0 bridgehead atoms. The van der Waals surface area contributed by atoms with Crippen LogP contribution in [0.15, 0.2) is 24.3 Å². The van der Waals surface area contributed by atoms with Crippen LogP contribution in [0.25, 0.3) is 10.9 Å². The molecule has 1 aliphatic heterocycles. The van der Waals surface area contributed by atoms with Crippen LogP contribution >= 0.6 is 0 Å². The average molecular weight is 494 g/mol. The Morgan fingerprint density at radius 2 is 1.47 bits per heavy atom. The molecule has 0 radical (unpaired) electrons. The molecule has 1 fully saturated rings. The molecule has 0 unspecified atom stereocenters. The number of carbonyl (C=O) groups is 1. The van der Waals surface area contributed by atoms with E-state index in [1.165, 1.54) is 0 Å². The molecule has 1 aliphatic rings. The lowest BCUT2D eigenvalue weighted by atomic mass is 9.91. The number of benzene rings is 2. The second-order valence-corrected chi connectivity index (χ2v) is 9.73. The van der Waals surface area contributed by atoms with E-state index >= 15 is 0 Å². The van der Waals surface area contributed by atoms with Crippen molar-refractivity contribution in [1.29, 1.82) is 0 Å². The number of amides is 1. The predicted molar refractivity (Wildman–Crippen MR) is 141 cm³/mol. The lowest BCUT2D eigenvalue weighted by Gasteiger charge is -2.35. The Bertz CT molecular complexity index is 1250. The van der Waals surface area contributed by atoms with Crippen molar-refractivity contribution >= 4 is 28.6 Å². The zero-order chi connectivity index (χ0) is 26.1. The van der Waals surface area contributed by atoms with E-state index in [9.17, 15) is 9.90 Å². The Kier molecular flexibility index (Phi) is 7.10. The minimum absolute atomic E-state index is 0.0331. The summed E-state index contributed by atoms with van der Waals surface area (Å²) < 4.78 is 10.8. The number of methoxy groups -OCH3 is 2. The summed E-state index contributed by atoms with van der Waals surface area (Å²) in [6, 6.07) is 7.22. The number of ether oxygens (including phenoxy) is 2. The number of nitrogen functional groups attached to an aromatic ring is 1. The molecular weight excluding hydrogens is 458 g/mol. The van der Waals surface area contributed by atoms with Gasteiger partial charge in [-0.25, -0.2) is 4.98 Å². The number of aromatic nitrogens is 2. The number of nitrogens with two attached hydrogens (primary N) is 1. The molecule has 9 nitrogen and oxygen atoms in total. The Labute approximate surface area is 211 Å². The van der Waals surface area contributed by atoms with Crippen LogP contribution in [0.3, 0.4) is 0 Å². The fourth-order valence-electron chi connectivity index (χ4n) is 4.58. The SMILES string of the molecule is COc1cc2nc(N3CCN(C(=O)c4cc(C(C)C)c(O)c(C(C)C)c4)CC3)nc(N)c2cc1OC. The Hall–Kier alpha value is -3.75. The average Bonchev–Trinajstić information content (AvgIpc) is 2.87. The first kappa shape index (κ1) is 25.3. The summed E-state index contributed by atoms with van der Waals surface area (Å²) in [4.78, 5) is 26.5. The largest absolute Gasteiger partial charge is 0.507 e. The quantitative estimate of drug-likeness (QED) is 0.527. The van der Waals surface area contributed by atoms with Gasteiger partial charge in [-0.05, 0) is 41.2 Å². The summed E-state index contributed by atoms with van der Waals surface area (Å²) in [5, 5.41) is 11.4. The van der Waals surface area contributed by atoms with Crippen molar-refractivity contribution in [2.24, 2.45) is 0 Å². The van der Waals surface area contributed by atoms with Gasteiger partial charge in [-0.1, -0.05) is 27.7 Å². The highest BCUT2D eigenvalue weighted by molar-refractivity contribution is 5.95. The number of phenolic OH excluding ortho intramolecular Hbond substituents is 1. The van der Waals surface area contributed by atoms with E-state index in [0.717, 1.165) is 11.1 Å². The minimum atomic E-state index is -0.0331. The molecule has 0 saturated carbocycles. The molecule has 1 saturated heterocycles. The molecule has 4 rings (SSSR count). The van der Waals surface area contributed by atoms with E-state index in [1.54, 1.807) is 26.4 Å². The highest BCUT2D eigenvalue weighted by atomic mass is 16.5. The summed E-state index contributed by atoms with van der Waals surface area (Å²) in [5.41, 5.74) is 9.14. The van der Waals surface area contributed by atoms with Crippen molar-refractivity contribution in [2.45, 2.75) is 39.5 Å². The molecule has 1 amide bonds. The van der Waals surface area contributed by atoms with Gasteiger partial charge in [-0.15, -0.1) is 0 Å². The number of hydrogen-bond acceptors (Lipinski definition) is 8. The minimum Gasteiger partial charge on any atom is -0.507 e. The van der Waals surface area contributed by atoms with E-state index in [0.29, 0.717) is 71.7 Å². The third-order valence-electron chi connectivity index (χ3n) is 6.73. The van der Waals surface area contributed by atoms with Gasteiger partial charge in [-0.3, -0.25) is 4.79 Å². The molecule has 3 N–H and O–H groups in total. The number of piperazine rings is 1. The van der Waals surface area contributed by atoms with E-state index in [-0.39, 0.29) is 17.7 Å². The number of nitrogens with zero attached hydrogens (tertiary/aromatic N) is 4. The van der Waals surface area contributed by atoms with E-state index in [4.69, 9.17) is 20.2 Å². The van der Waals surface area contributed by atoms with Crippen LogP contribution in [0, 0.1) is 0 Å². The zero-order valence-corrected chi connectivity index (χ0v) is 21.8. The second-order valence-electron chi connectivity index (χ2n) is 9.73. The van der Waals surface area contributed by atoms with Gasteiger partial charge in [0.15, 0.2) is 11.5 Å². The number of hydrogen-bond donors (Lipinski definition) is 2. The summed E-state index contributed by atoms with van der Waals surface area (Å²) in [6.07, 6.45) is 0. The van der Waals surface area contributed by atoms with Crippen LogP contribution in [0.5, 0.6) is 17.2 Å². The van der Waals surface area contributed by atoms with Crippen molar-refractivity contribution in [3.05, 3.63) is 41.0 Å². The lowest BCUT2D eigenvalue weighted by molar-refractivity contribution is 0.0746. The standard InChI is InChI=1S/C27H35N5O4/c1-15(2)18-11-17(12-19(16(3)4)24(18)33)26(34)31-7-9-32(10-8-31)27-29-21-14-23(36-6)22(35-5)13-20(21)25(28)30-27/h11-16,33H,7-10H2,1-6H3,(H2,28,29,30). The lowest BCUT2D eigenvalue weighted by Crippen LogP contribution is -2.49. The molecule has 2 heterocycles. The maximum Gasteiger partial charge on any atom is 0.253 e. The van der Waals surface area contributed by atoms with Crippen LogP contribution in [0.1, 0.15) is 61.0 Å². The van der Waals surface area contributed by atoms with Crippen molar-refractivity contribution in [3.8, 4) is 17.2 Å². The van der Waals surface area contributed by atoms with Crippen molar-refractivity contribution in [3.63, 3.8) is 0 Å². The summed E-state index contributed by atoms with van der Waals surface area (Å²) >= 11 is 0. The van der Waals surface area contributed by atoms with Gasteiger partial charge in [0.25, 0.3) is 5.91 Å². The summed E-state index contributed by atoms with van der Waals surface area (Å²) in [5.74, 6) is 2.50. The van der Waals surface area contributed by atoms with Crippen LogP contribution in [-0.2, 0) is 0 Å². The van der Waals surface area contributed by atoms with E-state index in [2.05, 4.69) is 4.98 Å². The Morgan fingerprint density at radius 3 is 2.00 bits per heavy atom. The van der Waals surface area contributed by atoms with E-state index < -0.39 is 0 Å². The Morgan fingerprint density at radius 1 is 0.917 bits per heavy atom. The molecule has 9 heteroatoms. The molecule has 0 atom stereocenters. The van der Waals surface area contributed by atoms with E-state index in [1.807, 2.05) is 49.6 Å². The van der Waals surface area contributed by atoms with Crippen molar-refractivity contribution in [2.75, 3.05) is 51.0 Å². The van der Waals surface area contributed by atoms with Crippen LogP contribution in [0.4, 0.5) is 11.8 Å². The third-order valence-corrected chi connectivity index (χ3v) is 6.73. The molecule has 192 valence electrons. The highest BCUT2D eigenvalue weighted by Gasteiger charge is 2.26. The molecule has 0 aliphatic carbocycles. The number of phenols is 1. The molecular formula is C27H35N5O4. The first-order chi connectivity index (χ1) is 17.1. The highest BCUT2D eigenvalue weighted by Crippen LogP contribution is 2.36. The van der Waals surface area contributed by atoms with Gasteiger partial charge in [-0.2, -0.15) is 4.98 Å². The summed E-state index contributed by atoms with van der Waals surface area (Å²) in [6.45, 7) is 10.3. The second kappa shape index (κ2) is 10.1. The smallest absolute Gasteiger partial charge is 0.253 e. The number of aromatic hydroxyl groups is 1. The maximum atomic E-state index is 13.4. The number of carbonyl (C=O) groups excluding carboxylic acids is 1. The summed E-state index contributed by atoms with van der Waals surface area (Å²) in [7, 11) is 3.15. The van der Waals surface area contributed by atoms with Gasteiger partial charge in [0, 0.05) is 43.2 Å². The van der Waals surface area contributed by atoms with Crippen LogP contribution in [-0.4, -0.2) is 66.3 Å². The monoisotopic (exact) mass is 493 g/mol. The Balaban J connectivity index is 1.55. The van der Waals surface area contributed by atoms with Gasteiger partial charge in [0.05, 0.1) is 19.7 Å². The first-order valence-electron chi connectivity index (χ1n) is 12.2. The molecule has 36 heavy (non-hydrogen) atoms. The first-order valence-corrected chi connectivity index (χ1v) is 12.2. The normalized spacial score (nSPS) is 14.1. The maximum absolute atomic E-state index is 13.4. The van der Waals surface area contributed by atoms with Crippen molar-refractivity contribution < 1.29 is 19.4 Å². The topological polar surface area (TPSA) is 114 Å². The predicted octanol–water partition coefficient (Wildman–Crippen LogP) is 4.14. The fourth-order valence-corrected chi connectivity index (χ4v) is 4.58. The molecule has 1 aromatic heterocycles. The van der Waals surface area contributed by atoms with Gasteiger partial charge in [0.1, 0.15) is 11.6 Å². The number of anilines is 2. The van der Waals surface area contributed by atoms with Crippen molar-refractivity contribution in [1.82, 2.24) is 14.9 Å². The van der Waals surface area contributed by atoms with Gasteiger partial charge < -0.3 is 30.1 Å². The fraction of sp³-hybridized carbons (Fsp3) is 0.444. The number of fused-ring (bicyclic) bond motifs is 1.